The van der Waals surface area contributed by atoms with Crippen molar-refractivity contribution in [3.8, 4) is 0 Å². The largest absolute Gasteiger partial charge is 0.282 e. The highest BCUT2D eigenvalue weighted by molar-refractivity contribution is 7.98. The third-order valence-electron chi connectivity index (χ3n) is 2.71. The zero-order valence-electron chi connectivity index (χ0n) is 10.4. The molecule has 0 bridgehead atoms. The van der Waals surface area contributed by atoms with E-state index in [-0.39, 0.29) is 10.1 Å². The molecule has 0 unspecified atom stereocenters. The molecule has 0 spiro atoms. The molecule has 0 N–H and O–H groups in total. The Morgan fingerprint density at radius 2 is 1.89 bits per heavy atom. The molecule has 0 aliphatic heterocycles. The molecule has 0 saturated carbocycles. The molecule has 0 aliphatic rings. The van der Waals surface area contributed by atoms with Crippen molar-refractivity contribution >= 4 is 33.4 Å². The summed E-state index contributed by atoms with van der Waals surface area (Å²) in [4.78, 5) is 0.170. The quantitative estimate of drug-likeness (QED) is 0.869. The molecular formula is C12H13ClN2O2S2. The fourth-order valence-electron chi connectivity index (χ4n) is 1.51. The minimum absolute atomic E-state index is 0.154. The third kappa shape index (κ3) is 2.96. The number of benzene rings is 1. The summed E-state index contributed by atoms with van der Waals surface area (Å²) in [5.74, 6) is 0. The molecule has 0 saturated heterocycles. The van der Waals surface area contributed by atoms with Gasteiger partial charge >= 0.3 is 0 Å². The highest BCUT2D eigenvalue weighted by atomic mass is 35.5. The van der Waals surface area contributed by atoms with Gasteiger partial charge in [0, 0.05) is 16.5 Å². The maximum absolute atomic E-state index is 12.3. The second kappa shape index (κ2) is 5.56. The van der Waals surface area contributed by atoms with Gasteiger partial charge in [-0.25, -0.2) is 0 Å². The Balaban J connectivity index is 2.39. The smallest absolute Gasteiger partial charge is 0.199 e. The average Bonchev–Trinajstić information content (AvgIpc) is 2.88. The van der Waals surface area contributed by atoms with E-state index < -0.39 is 10.0 Å². The van der Waals surface area contributed by atoms with E-state index in [1.54, 1.807) is 30.0 Å². The molecule has 7 heteroatoms. The van der Waals surface area contributed by atoms with Crippen molar-refractivity contribution in [1.29, 1.82) is 0 Å². The molecule has 0 amide bonds. The molecule has 1 aromatic heterocycles. The fourth-order valence-corrected chi connectivity index (χ4v) is 3.12. The SMILES string of the molecule is CS[C@H](C)c1ccn(S(=O)(=O)c2ccc(Cl)cc2)n1. The van der Waals surface area contributed by atoms with Gasteiger partial charge < -0.3 is 0 Å². The molecule has 1 atom stereocenters. The average molecular weight is 317 g/mol. The summed E-state index contributed by atoms with van der Waals surface area (Å²) in [5, 5.41) is 4.78. The van der Waals surface area contributed by atoms with Crippen LogP contribution in [0, 0.1) is 0 Å². The standard InChI is InChI=1S/C12H13ClN2O2S2/c1-9(18-2)12-7-8-15(14-12)19(16,17)11-5-3-10(13)4-6-11/h3-9H,1-2H3/t9-/m1/s1. The van der Waals surface area contributed by atoms with Crippen molar-refractivity contribution in [3.63, 3.8) is 0 Å². The first-order valence-corrected chi connectivity index (χ1v) is 8.65. The van der Waals surface area contributed by atoms with E-state index in [4.69, 9.17) is 11.6 Å². The normalized spacial score (nSPS) is 13.4. The Kier molecular flexibility index (Phi) is 4.23. The molecule has 1 heterocycles. The zero-order chi connectivity index (χ0) is 14.0. The summed E-state index contributed by atoms with van der Waals surface area (Å²) < 4.78 is 25.6. The molecule has 0 radical (unpaired) electrons. The van der Waals surface area contributed by atoms with Crippen LogP contribution in [-0.4, -0.2) is 23.9 Å². The molecule has 0 aliphatic carbocycles. The lowest BCUT2D eigenvalue weighted by Crippen LogP contribution is -2.14. The van der Waals surface area contributed by atoms with Crippen LogP contribution in [-0.2, 0) is 10.0 Å². The Morgan fingerprint density at radius 1 is 1.26 bits per heavy atom. The summed E-state index contributed by atoms with van der Waals surface area (Å²) in [6.45, 7) is 1.98. The number of thioether (sulfide) groups is 1. The Hall–Kier alpha value is -0.980. The number of nitrogens with zero attached hydrogens (tertiary/aromatic N) is 2. The van der Waals surface area contributed by atoms with Gasteiger partial charge in [0.25, 0.3) is 10.0 Å². The van der Waals surface area contributed by atoms with Crippen molar-refractivity contribution in [1.82, 2.24) is 9.19 Å². The lowest BCUT2D eigenvalue weighted by atomic mass is 10.3. The van der Waals surface area contributed by atoms with E-state index in [9.17, 15) is 8.42 Å². The summed E-state index contributed by atoms with van der Waals surface area (Å²) in [5.41, 5.74) is 0.741. The van der Waals surface area contributed by atoms with Gasteiger partial charge in [-0.2, -0.15) is 29.4 Å². The highest BCUT2D eigenvalue weighted by Crippen LogP contribution is 2.24. The number of halogens is 1. The van der Waals surface area contributed by atoms with Gasteiger partial charge in [0.15, 0.2) is 0 Å². The summed E-state index contributed by atoms with van der Waals surface area (Å²) >= 11 is 7.36. The minimum Gasteiger partial charge on any atom is -0.199 e. The van der Waals surface area contributed by atoms with Crippen LogP contribution in [0.1, 0.15) is 17.9 Å². The van der Waals surface area contributed by atoms with Gasteiger partial charge in [-0.3, -0.25) is 0 Å². The fraction of sp³-hybridized carbons (Fsp3) is 0.250. The van der Waals surface area contributed by atoms with E-state index in [0.717, 1.165) is 9.78 Å². The molecule has 2 aromatic rings. The minimum atomic E-state index is -3.64. The van der Waals surface area contributed by atoms with Crippen LogP contribution >= 0.6 is 23.4 Å². The second-order valence-electron chi connectivity index (χ2n) is 3.95. The Morgan fingerprint density at radius 3 is 2.47 bits per heavy atom. The van der Waals surface area contributed by atoms with Crippen LogP contribution in [0.15, 0.2) is 41.4 Å². The maximum atomic E-state index is 12.3. The molecule has 2 rings (SSSR count). The Bertz CT molecular complexity index is 665. The van der Waals surface area contributed by atoms with Gasteiger partial charge in [0.1, 0.15) is 0 Å². The lowest BCUT2D eigenvalue weighted by Gasteiger charge is -2.05. The van der Waals surface area contributed by atoms with Gasteiger partial charge in [0.05, 0.1) is 10.6 Å². The van der Waals surface area contributed by atoms with Crippen LogP contribution in [0.5, 0.6) is 0 Å². The van der Waals surface area contributed by atoms with Crippen molar-refractivity contribution in [2.24, 2.45) is 0 Å². The molecule has 1 aromatic carbocycles. The number of hydrogen-bond acceptors (Lipinski definition) is 4. The van der Waals surface area contributed by atoms with E-state index in [1.807, 2.05) is 13.2 Å². The predicted molar refractivity (Wildman–Crippen MR) is 78.2 cm³/mol. The van der Waals surface area contributed by atoms with Crippen molar-refractivity contribution < 1.29 is 8.42 Å². The topological polar surface area (TPSA) is 52.0 Å². The molecule has 0 fully saturated rings. The van der Waals surface area contributed by atoms with Crippen molar-refractivity contribution in [2.45, 2.75) is 17.1 Å². The van der Waals surface area contributed by atoms with E-state index in [2.05, 4.69) is 5.10 Å². The first kappa shape index (κ1) is 14.4. The van der Waals surface area contributed by atoms with E-state index >= 15 is 0 Å². The van der Waals surface area contributed by atoms with Crippen LogP contribution in [0.4, 0.5) is 0 Å². The molecule has 19 heavy (non-hydrogen) atoms. The number of rotatable bonds is 4. The van der Waals surface area contributed by atoms with E-state index in [1.165, 1.54) is 18.3 Å². The van der Waals surface area contributed by atoms with Crippen LogP contribution in [0.25, 0.3) is 0 Å². The summed E-state index contributed by atoms with van der Waals surface area (Å²) in [6.07, 6.45) is 3.42. The monoisotopic (exact) mass is 316 g/mol. The van der Waals surface area contributed by atoms with Crippen LogP contribution < -0.4 is 0 Å². The lowest BCUT2D eigenvalue weighted by molar-refractivity contribution is 0.579. The van der Waals surface area contributed by atoms with Gasteiger partial charge in [-0.05, 0) is 43.5 Å². The number of aromatic nitrogens is 2. The molecule has 4 nitrogen and oxygen atoms in total. The molecular weight excluding hydrogens is 304 g/mol. The van der Waals surface area contributed by atoms with Crippen molar-refractivity contribution in [2.75, 3.05) is 6.26 Å². The van der Waals surface area contributed by atoms with E-state index in [0.29, 0.717) is 5.02 Å². The summed E-state index contributed by atoms with van der Waals surface area (Å²) in [7, 11) is -3.64. The van der Waals surface area contributed by atoms with Gasteiger partial charge in [0.2, 0.25) is 0 Å². The van der Waals surface area contributed by atoms with Crippen LogP contribution in [0.3, 0.4) is 0 Å². The van der Waals surface area contributed by atoms with Crippen LogP contribution in [0.2, 0.25) is 5.02 Å². The first-order chi connectivity index (χ1) is 8.95. The molecule has 102 valence electrons. The number of hydrogen-bond donors (Lipinski definition) is 0. The first-order valence-electron chi connectivity index (χ1n) is 5.54. The highest BCUT2D eigenvalue weighted by Gasteiger charge is 2.19. The third-order valence-corrected chi connectivity index (χ3v) is 5.48. The zero-order valence-corrected chi connectivity index (χ0v) is 12.8. The second-order valence-corrected chi connectivity index (χ2v) is 7.36. The Labute approximate surface area is 121 Å². The van der Waals surface area contributed by atoms with Gasteiger partial charge in [-0.15, -0.1) is 0 Å². The van der Waals surface area contributed by atoms with Gasteiger partial charge in [-0.1, -0.05) is 11.6 Å². The van der Waals surface area contributed by atoms with Crippen molar-refractivity contribution in [3.05, 3.63) is 47.2 Å². The predicted octanol–water partition coefficient (Wildman–Crippen LogP) is 3.20. The maximum Gasteiger partial charge on any atom is 0.282 e. The summed E-state index contributed by atoms with van der Waals surface area (Å²) in [6, 6.07) is 7.75.